The first-order valence-electron chi connectivity index (χ1n) is 6.71. The fourth-order valence-electron chi connectivity index (χ4n) is 2.17. The molecule has 0 saturated carbocycles. The van der Waals surface area contributed by atoms with Gasteiger partial charge in [0, 0.05) is 5.70 Å². The highest BCUT2D eigenvalue weighted by atomic mass is 35.5. The summed E-state index contributed by atoms with van der Waals surface area (Å²) in [4.78, 5) is 24.0. The van der Waals surface area contributed by atoms with Gasteiger partial charge in [-0.15, -0.1) is 0 Å². The van der Waals surface area contributed by atoms with Gasteiger partial charge in [0.1, 0.15) is 6.61 Å². The van der Waals surface area contributed by atoms with Crippen molar-refractivity contribution in [2.75, 3.05) is 6.61 Å². The van der Waals surface area contributed by atoms with Crippen molar-refractivity contribution >= 4 is 35.2 Å². The number of esters is 1. The van der Waals surface area contributed by atoms with Gasteiger partial charge in [-0.3, -0.25) is 0 Å². The average Bonchev–Trinajstić information content (AvgIpc) is 2.49. The maximum Gasteiger partial charge on any atom is 0.338 e. The van der Waals surface area contributed by atoms with Crippen LogP contribution in [0.15, 0.2) is 29.5 Å². The van der Waals surface area contributed by atoms with Gasteiger partial charge >= 0.3 is 12.0 Å². The normalized spacial score (nSPS) is 17.1. The van der Waals surface area contributed by atoms with E-state index in [0.717, 1.165) is 0 Å². The fraction of sp³-hybridized carbons (Fsp3) is 0.267. The van der Waals surface area contributed by atoms with E-state index in [4.69, 9.17) is 33.2 Å². The van der Waals surface area contributed by atoms with Crippen molar-refractivity contribution in [3.63, 3.8) is 0 Å². The zero-order chi connectivity index (χ0) is 17.0. The van der Waals surface area contributed by atoms with Crippen LogP contribution in [-0.2, 0) is 9.53 Å². The summed E-state index contributed by atoms with van der Waals surface area (Å²) in [6.45, 7) is 1.58. The molecule has 2 N–H and O–H groups in total. The lowest BCUT2D eigenvalue weighted by atomic mass is 9.95. The topological polar surface area (TPSA) is 91.2 Å². The largest absolute Gasteiger partial charge is 0.461 e. The zero-order valence-corrected chi connectivity index (χ0v) is 13.7. The first-order chi connectivity index (χ1) is 10.9. The second-order valence-corrected chi connectivity index (χ2v) is 5.60. The summed E-state index contributed by atoms with van der Waals surface area (Å²) in [7, 11) is 0. The Hall–Kier alpha value is -2.23. The molecule has 1 aromatic carbocycles. The van der Waals surface area contributed by atoms with Crippen molar-refractivity contribution in [1.29, 1.82) is 5.26 Å². The minimum Gasteiger partial charge on any atom is -0.461 e. The molecule has 1 atom stereocenters. The van der Waals surface area contributed by atoms with Gasteiger partial charge in [-0.25, -0.2) is 9.59 Å². The number of nitrogens with zero attached hydrogens (tertiary/aromatic N) is 1. The maximum absolute atomic E-state index is 12.3. The Morgan fingerprint density at radius 2 is 2.13 bits per heavy atom. The maximum atomic E-state index is 12.3. The molecule has 0 radical (unpaired) electrons. The average molecular weight is 354 g/mol. The number of hydrogen-bond donors (Lipinski definition) is 2. The third-order valence-corrected chi connectivity index (χ3v) is 3.95. The van der Waals surface area contributed by atoms with Gasteiger partial charge in [0.2, 0.25) is 0 Å². The van der Waals surface area contributed by atoms with E-state index in [9.17, 15) is 9.59 Å². The summed E-state index contributed by atoms with van der Waals surface area (Å²) < 4.78 is 5.06. The molecule has 0 aliphatic carbocycles. The third kappa shape index (κ3) is 3.95. The molecule has 1 heterocycles. The number of hydrogen-bond acceptors (Lipinski definition) is 4. The number of urea groups is 1. The van der Waals surface area contributed by atoms with Gasteiger partial charge in [-0.1, -0.05) is 29.3 Å². The van der Waals surface area contributed by atoms with Crippen LogP contribution in [0, 0.1) is 11.3 Å². The molecule has 8 heteroatoms. The van der Waals surface area contributed by atoms with E-state index in [1.54, 1.807) is 25.1 Å². The first kappa shape index (κ1) is 17.1. The van der Waals surface area contributed by atoms with E-state index in [1.165, 1.54) is 0 Å². The molecule has 0 aromatic heterocycles. The molecule has 2 amide bonds. The molecule has 0 bridgehead atoms. The van der Waals surface area contributed by atoms with Crippen LogP contribution in [0.2, 0.25) is 10.0 Å². The van der Waals surface area contributed by atoms with Crippen molar-refractivity contribution in [2.45, 2.75) is 19.4 Å². The van der Waals surface area contributed by atoms with Gasteiger partial charge in [-0.05, 0) is 24.6 Å². The van der Waals surface area contributed by atoms with E-state index in [1.807, 2.05) is 6.07 Å². The number of nitriles is 1. The Balaban J connectivity index is 2.36. The van der Waals surface area contributed by atoms with E-state index >= 15 is 0 Å². The number of benzene rings is 1. The SMILES string of the molecule is CC1=C(C(=O)OCCC#N)[C@@H](c2ccc(Cl)c(Cl)c2)NC(=O)N1. The van der Waals surface area contributed by atoms with Crippen molar-refractivity contribution in [1.82, 2.24) is 10.6 Å². The molecule has 0 spiro atoms. The third-order valence-electron chi connectivity index (χ3n) is 3.21. The smallest absolute Gasteiger partial charge is 0.338 e. The summed E-state index contributed by atoms with van der Waals surface area (Å²) in [5, 5.41) is 14.4. The van der Waals surface area contributed by atoms with E-state index < -0.39 is 18.0 Å². The Kier molecular flexibility index (Phi) is 5.48. The van der Waals surface area contributed by atoms with Gasteiger partial charge in [0.25, 0.3) is 0 Å². The highest BCUT2D eigenvalue weighted by molar-refractivity contribution is 6.42. The number of allylic oxidation sites excluding steroid dienone is 1. The second-order valence-electron chi connectivity index (χ2n) is 4.79. The molecule has 23 heavy (non-hydrogen) atoms. The molecule has 120 valence electrons. The van der Waals surface area contributed by atoms with E-state index in [-0.39, 0.29) is 18.6 Å². The predicted octanol–water partition coefficient (Wildman–Crippen LogP) is 3.08. The number of halogens is 2. The van der Waals surface area contributed by atoms with Gasteiger partial charge < -0.3 is 15.4 Å². The van der Waals surface area contributed by atoms with Gasteiger partial charge in [0.05, 0.1) is 34.2 Å². The molecule has 6 nitrogen and oxygen atoms in total. The monoisotopic (exact) mass is 353 g/mol. The molecule has 0 fully saturated rings. The molecule has 1 aromatic rings. The number of nitrogens with one attached hydrogen (secondary N) is 2. The molecule has 2 rings (SSSR count). The summed E-state index contributed by atoms with van der Waals surface area (Å²) in [6.07, 6.45) is 0.0926. The van der Waals surface area contributed by atoms with Crippen LogP contribution < -0.4 is 10.6 Å². The van der Waals surface area contributed by atoms with Crippen molar-refractivity contribution in [3.8, 4) is 6.07 Å². The minimum atomic E-state index is -0.715. The highest BCUT2D eigenvalue weighted by Gasteiger charge is 2.32. The molecule has 1 aliphatic rings. The molecule has 1 aliphatic heterocycles. The van der Waals surface area contributed by atoms with E-state index in [0.29, 0.717) is 21.3 Å². The Morgan fingerprint density at radius 1 is 1.39 bits per heavy atom. The van der Waals surface area contributed by atoms with Crippen LogP contribution >= 0.6 is 23.2 Å². The predicted molar refractivity (Wildman–Crippen MR) is 84.8 cm³/mol. The second kappa shape index (κ2) is 7.36. The van der Waals surface area contributed by atoms with Crippen LogP contribution in [0.3, 0.4) is 0 Å². The van der Waals surface area contributed by atoms with Gasteiger partial charge in [-0.2, -0.15) is 5.26 Å². The van der Waals surface area contributed by atoms with E-state index in [2.05, 4.69) is 10.6 Å². The standard InChI is InChI=1S/C15H13Cl2N3O3/c1-8-12(14(21)23-6-2-5-18)13(20-15(22)19-8)9-3-4-10(16)11(17)7-9/h3-4,7,13H,2,6H2,1H3,(H2,19,20,22)/t13-/m1/s1. The summed E-state index contributed by atoms with van der Waals surface area (Å²) in [6, 6.07) is 5.57. The Bertz CT molecular complexity index is 725. The molecular formula is C15H13Cl2N3O3. The van der Waals surface area contributed by atoms with Crippen LogP contribution in [0.25, 0.3) is 0 Å². The van der Waals surface area contributed by atoms with Crippen LogP contribution in [0.4, 0.5) is 4.79 Å². The number of ether oxygens (including phenoxy) is 1. The zero-order valence-electron chi connectivity index (χ0n) is 12.2. The molecular weight excluding hydrogens is 341 g/mol. The van der Waals surface area contributed by atoms with Crippen LogP contribution in [0.5, 0.6) is 0 Å². The summed E-state index contributed by atoms with van der Waals surface area (Å²) in [5.41, 5.74) is 1.23. The van der Waals surface area contributed by atoms with Crippen molar-refractivity contribution < 1.29 is 14.3 Å². The molecule has 0 saturated heterocycles. The summed E-state index contributed by atoms with van der Waals surface area (Å²) >= 11 is 11.9. The number of carbonyl (C=O) groups is 2. The van der Waals surface area contributed by atoms with Crippen molar-refractivity contribution in [3.05, 3.63) is 45.1 Å². The van der Waals surface area contributed by atoms with Gasteiger partial charge in [0.15, 0.2) is 0 Å². The Morgan fingerprint density at radius 3 is 2.78 bits per heavy atom. The van der Waals surface area contributed by atoms with Crippen LogP contribution in [-0.4, -0.2) is 18.6 Å². The fourth-order valence-corrected chi connectivity index (χ4v) is 2.48. The Labute approximate surface area is 143 Å². The summed E-state index contributed by atoms with van der Waals surface area (Å²) in [5.74, 6) is -0.610. The highest BCUT2D eigenvalue weighted by Crippen LogP contribution is 2.31. The lowest BCUT2D eigenvalue weighted by Crippen LogP contribution is -2.45. The lowest BCUT2D eigenvalue weighted by Gasteiger charge is -2.28. The number of amides is 2. The lowest BCUT2D eigenvalue weighted by molar-refractivity contribution is -0.139. The number of carbonyl (C=O) groups excluding carboxylic acids is 2. The first-order valence-corrected chi connectivity index (χ1v) is 7.47. The van der Waals surface area contributed by atoms with Crippen molar-refractivity contribution in [2.24, 2.45) is 0 Å². The quantitative estimate of drug-likeness (QED) is 0.642. The minimum absolute atomic E-state index is 0.0197. The molecule has 0 unspecified atom stereocenters. The van der Waals surface area contributed by atoms with Crippen LogP contribution in [0.1, 0.15) is 24.9 Å². The number of rotatable bonds is 4.